The maximum absolute atomic E-state index is 10.5. The third-order valence-electron chi connectivity index (χ3n) is 2.72. The Morgan fingerprint density at radius 1 is 0.933 bits per heavy atom. The van der Waals surface area contributed by atoms with E-state index in [1.165, 1.54) is 0 Å². The second-order valence-electron chi connectivity index (χ2n) is 4.22. The molecule has 2 atom stereocenters. The van der Waals surface area contributed by atoms with Crippen LogP contribution in [0.4, 0.5) is 0 Å². The van der Waals surface area contributed by atoms with Gasteiger partial charge in [-0.3, -0.25) is 9.59 Å². The van der Waals surface area contributed by atoms with E-state index in [-0.39, 0.29) is 11.8 Å². The van der Waals surface area contributed by atoms with Crippen LogP contribution in [-0.4, -0.2) is 11.6 Å². The Morgan fingerprint density at radius 2 is 1.33 bits per heavy atom. The minimum absolute atomic E-state index is 0.264. The van der Waals surface area contributed by atoms with E-state index in [1.807, 2.05) is 20.8 Å². The van der Waals surface area contributed by atoms with Crippen LogP contribution < -0.4 is 0 Å². The predicted molar refractivity (Wildman–Crippen MR) is 64.9 cm³/mol. The van der Waals surface area contributed by atoms with Crippen molar-refractivity contribution >= 4 is 11.6 Å². The van der Waals surface area contributed by atoms with Gasteiger partial charge in [-0.25, -0.2) is 0 Å². The Labute approximate surface area is 94.4 Å². The third kappa shape index (κ3) is 11.3. The molecule has 0 aromatic heterocycles. The van der Waals surface area contributed by atoms with Crippen molar-refractivity contribution in [2.24, 2.45) is 11.8 Å². The van der Waals surface area contributed by atoms with E-state index in [4.69, 9.17) is 0 Å². The average molecular weight is 214 g/mol. The van der Waals surface area contributed by atoms with E-state index < -0.39 is 0 Å². The normalized spacial score (nSPS) is 13.5. The summed E-state index contributed by atoms with van der Waals surface area (Å²) >= 11 is 0. The number of hydrogen-bond acceptors (Lipinski definition) is 2. The molecule has 2 heteroatoms. The van der Waals surface area contributed by atoms with Crippen LogP contribution in [-0.2, 0) is 9.59 Å². The minimum Gasteiger partial charge on any atom is -0.300 e. The van der Waals surface area contributed by atoms with Crippen molar-refractivity contribution in [3.8, 4) is 0 Å². The number of hydrogen-bond donors (Lipinski definition) is 0. The summed E-state index contributed by atoms with van der Waals surface area (Å²) in [6.45, 7) is 11.3. The van der Waals surface area contributed by atoms with Gasteiger partial charge in [0.1, 0.15) is 11.6 Å². The maximum Gasteiger partial charge on any atom is 0.132 e. The van der Waals surface area contributed by atoms with Crippen molar-refractivity contribution in [3.05, 3.63) is 0 Å². The smallest absolute Gasteiger partial charge is 0.132 e. The summed E-state index contributed by atoms with van der Waals surface area (Å²) in [4.78, 5) is 20.9. The molecule has 0 saturated carbocycles. The molecule has 0 amide bonds. The van der Waals surface area contributed by atoms with E-state index in [0.717, 1.165) is 19.3 Å². The van der Waals surface area contributed by atoms with Crippen molar-refractivity contribution in [2.45, 2.75) is 60.8 Å². The molecule has 0 saturated heterocycles. The van der Waals surface area contributed by atoms with E-state index in [2.05, 4.69) is 6.92 Å². The van der Waals surface area contributed by atoms with Gasteiger partial charge in [0, 0.05) is 11.8 Å². The minimum atomic E-state index is 0.264. The van der Waals surface area contributed by atoms with Crippen LogP contribution >= 0.6 is 0 Å². The highest BCUT2D eigenvalue weighted by Gasteiger charge is 2.03. The van der Waals surface area contributed by atoms with Gasteiger partial charge in [0.15, 0.2) is 0 Å². The van der Waals surface area contributed by atoms with Crippen LogP contribution in [0.3, 0.4) is 0 Å². The standard InChI is InChI=1S/C7H14O.C6H12O/c1-4-5-6(2)7(3)8;1-4-5(2)6(3)7/h6H,4-5H2,1-3H3;5H,4H2,1-3H3. The topological polar surface area (TPSA) is 34.1 Å². The van der Waals surface area contributed by atoms with Gasteiger partial charge in [-0.1, -0.05) is 34.1 Å². The molecule has 0 spiro atoms. The van der Waals surface area contributed by atoms with Crippen LogP contribution in [0.1, 0.15) is 60.8 Å². The summed E-state index contributed by atoms with van der Waals surface area (Å²) in [7, 11) is 0. The zero-order valence-corrected chi connectivity index (χ0v) is 11.1. The molecule has 0 heterocycles. The lowest BCUT2D eigenvalue weighted by atomic mass is 10.0. The molecule has 0 aliphatic heterocycles. The molecule has 0 radical (unpaired) electrons. The molecule has 0 aromatic carbocycles. The number of rotatable bonds is 5. The maximum atomic E-state index is 10.5. The van der Waals surface area contributed by atoms with Gasteiger partial charge in [-0.15, -0.1) is 0 Å². The first kappa shape index (κ1) is 16.8. The van der Waals surface area contributed by atoms with Crippen molar-refractivity contribution in [2.75, 3.05) is 0 Å². The fourth-order valence-corrected chi connectivity index (χ4v) is 0.924. The van der Waals surface area contributed by atoms with Crippen molar-refractivity contribution < 1.29 is 9.59 Å². The highest BCUT2D eigenvalue weighted by atomic mass is 16.1. The lowest BCUT2D eigenvalue weighted by molar-refractivity contribution is -0.121. The number of carbonyl (C=O) groups excluding carboxylic acids is 2. The molecular weight excluding hydrogens is 188 g/mol. The summed E-state index contributed by atoms with van der Waals surface area (Å²) in [6, 6.07) is 0. The van der Waals surface area contributed by atoms with Crippen LogP contribution in [0.15, 0.2) is 0 Å². The second kappa shape index (κ2) is 9.88. The molecular formula is C13H26O2. The van der Waals surface area contributed by atoms with Gasteiger partial charge in [0.05, 0.1) is 0 Å². The molecule has 0 aliphatic rings. The predicted octanol–water partition coefficient (Wildman–Crippen LogP) is 3.63. The SMILES string of the molecule is CCC(C)C(C)=O.CCCC(C)C(C)=O. The Hall–Kier alpha value is -0.660. The molecule has 0 aliphatic carbocycles. The first-order chi connectivity index (χ1) is 6.86. The monoisotopic (exact) mass is 214 g/mol. The quantitative estimate of drug-likeness (QED) is 0.700. The third-order valence-corrected chi connectivity index (χ3v) is 2.72. The molecule has 0 N–H and O–H groups in total. The molecule has 0 bridgehead atoms. The van der Waals surface area contributed by atoms with Gasteiger partial charge in [-0.05, 0) is 26.7 Å². The fourth-order valence-electron chi connectivity index (χ4n) is 0.924. The molecule has 0 fully saturated rings. The van der Waals surface area contributed by atoms with Crippen LogP contribution in [0.25, 0.3) is 0 Å². The van der Waals surface area contributed by atoms with Crippen molar-refractivity contribution in [1.82, 2.24) is 0 Å². The molecule has 0 rings (SSSR count). The molecule has 90 valence electrons. The van der Waals surface area contributed by atoms with Gasteiger partial charge < -0.3 is 0 Å². The summed E-state index contributed by atoms with van der Waals surface area (Å²) in [5.74, 6) is 1.15. The van der Waals surface area contributed by atoms with Gasteiger partial charge in [-0.2, -0.15) is 0 Å². The van der Waals surface area contributed by atoms with Crippen LogP contribution in [0.5, 0.6) is 0 Å². The number of Topliss-reactive ketones (excluding diaryl/α,β-unsaturated/α-hetero) is 2. The van der Waals surface area contributed by atoms with Crippen molar-refractivity contribution in [1.29, 1.82) is 0 Å². The first-order valence-corrected chi connectivity index (χ1v) is 5.87. The van der Waals surface area contributed by atoms with E-state index in [0.29, 0.717) is 11.6 Å². The Bertz CT molecular complexity index is 185. The van der Waals surface area contributed by atoms with Gasteiger partial charge >= 0.3 is 0 Å². The molecule has 0 aromatic rings. The second-order valence-corrected chi connectivity index (χ2v) is 4.22. The highest BCUT2D eigenvalue weighted by molar-refractivity contribution is 5.78. The first-order valence-electron chi connectivity index (χ1n) is 5.87. The average Bonchev–Trinajstić information content (AvgIpc) is 2.17. The summed E-state index contributed by atoms with van der Waals surface area (Å²) in [5, 5.41) is 0. The Morgan fingerprint density at radius 3 is 1.40 bits per heavy atom. The highest BCUT2D eigenvalue weighted by Crippen LogP contribution is 2.04. The van der Waals surface area contributed by atoms with Crippen LogP contribution in [0.2, 0.25) is 0 Å². The van der Waals surface area contributed by atoms with Gasteiger partial charge in [0.2, 0.25) is 0 Å². The largest absolute Gasteiger partial charge is 0.300 e. The molecule has 15 heavy (non-hydrogen) atoms. The number of ketones is 2. The van der Waals surface area contributed by atoms with Gasteiger partial charge in [0.25, 0.3) is 0 Å². The number of carbonyl (C=O) groups is 2. The zero-order valence-electron chi connectivity index (χ0n) is 11.1. The fraction of sp³-hybridized carbons (Fsp3) is 0.846. The Kier molecular flexibility index (Phi) is 11.0. The van der Waals surface area contributed by atoms with Crippen molar-refractivity contribution in [3.63, 3.8) is 0 Å². The Balaban J connectivity index is 0. The molecule has 2 nitrogen and oxygen atoms in total. The van der Waals surface area contributed by atoms with E-state index in [9.17, 15) is 9.59 Å². The zero-order chi connectivity index (χ0) is 12.4. The summed E-state index contributed by atoms with van der Waals surface area (Å²) < 4.78 is 0. The van der Waals surface area contributed by atoms with E-state index in [1.54, 1.807) is 13.8 Å². The summed E-state index contributed by atoms with van der Waals surface area (Å²) in [5.41, 5.74) is 0. The summed E-state index contributed by atoms with van der Waals surface area (Å²) in [6.07, 6.45) is 3.12. The molecule has 2 unspecified atom stereocenters. The lowest BCUT2D eigenvalue weighted by Gasteiger charge is -2.01. The van der Waals surface area contributed by atoms with Crippen LogP contribution in [0, 0.1) is 11.8 Å². The van der Waals surface area contributed by atoms with E-state index >= 15 is 0 Å². The lowest BCUT2D eigenvalue weighted by Crippen LogP contribution is -2.04.